The van der Waals surface area contributed by atoms with E-state index in [1.165, 1.54) is 4.68 Å². The highest BCUT2D eigenvalue weighted by molar-refractivity contribution is 6.30. The molecule has 0 atom stereocenters. The van der Waals surface area contributed by atoms with Crippen LogP contribution in [0.4, 0.5) is 0 Å². The Bertz CT molecular complexity index is 889. The summed E-state index contributed by atoms with van der Waals surface area (Å²) in [6, 6.07) is 16.5. The van der Waals surface area contributed by atoms with Gasteiger partial charge in [-0.3, -0.25) is 0 Å². The van der Waals surface area contributed by atoms with Crippen LogP contribution in [0.1, 0.15) is 12.5 Å². The Morgan fingerprint density at radius 3 is 2.56 bits per heavy atom. The lowest BCUT2D eigenvalue weighted by Gasteiger charge is -2.09. The van der Waals surface area contributed by atoms with Crippen LogP contribution in [0.15, 0.2) is 54.6 Å². The Kier molecular flexibility index (Phi) is 5.20. The van der Waals surface area contributed by atoms with Gasteiger partial charge in [0.2, 0.25) is 0 Å². The molecule has 0 aliphatic carbocycles. The van der Waals surface area contributed by atoms with E-state index in [9.17, 15) is 4.79 Å². The fraction of sp³-hybridized carbons (Fsp3) is 0.111. The van der Waals surface area contributed by atoms with Crippen LogP contribution in [-0.2, 0) is 9.53 Å². The maximum atomic E-state index is 12.5. The van der Waals surface area contributed by atoms with Crippen molar-refractivity contribution in [1.29, 1.82) is 0 Å². The number of hydrogen-bond donors (Lipinski definition) is 0. The highest BCUT2D eigenvalue weighted by Gasteiger charge is 2.20. The summed E-state index contributed by atoms with van der Waals surface area (Å²) in [5.41, 5.74) is 1.79. The second-order valence-electron chi connectivity index (χ2n) is 5.08. The van der Waals surface area contributed by atoms with Crippen LogP contribution in [0.5, 0.6) is 0 Å². The van der Waals surface area contributed by atoms with Gasteiger partial charge < -0.3 is 4.74 Å². The number of aromatic nitrogens is 4. The van der Waals surface area contributed by atoms with Crippen LogP contribution in [-0.4, -0.2) is 32.8 Å². The molecule has 3 rings (SSSR count). The third-order valence-electron chi connectivity index (χ3n) is 3.39. The highest BCUT2D eigenvalue weighted by atomic mass is 35.5. The molecule has 1 aromatic heterocycles. The van der Waals surface area contributed by atoms with Gasteiger partial charge in [-0.1, -0.05) is 54.1 Å². The normalized spacial score (nSPS) is 11.4. The van der Waals surface area contributed by atoms with Crippen molar-refractivity contribution in [3.63, 3.8) is 0 Å². The molecule has 2 aromatic carbocycles. The van der Waals surface area contributed by atoms with E-state index in [0.29, 0.717) is 10.8 Å². The summed E-state index contributed by atoms with van der Waals surface area (Å²) in [7, 11) is 0. The average molecular weight is 355 g/mol. The molecule has 0 unspecified atom stereocenters. The molecule has 0 amide bonds. The van der Waals surface area contributed by atoms with Gasteiger partial charge in [0.05, 0.1) is 6.61 Å². The molecular weight excluding hydrogens is 340 g/mol. The minimum absolute atomic E-state index is 0.216. The summed E-state index contributed by atoms with van der Waals surface area (Å²) in [5.74, 6) is -0.0594. The van der Waals surface area contributed by atoms with Crippen LogP contribution in [0.3, 0.4) is 0 Å². The first-order valence-corrected chi connectivity index (χ1v) is 8.05. The standard InChI is InChI=1S/C18H15ClN4O2/c1-2-25-18(24)16(12-13-8-10-15(19)11-9-13)23-17(20-21-22-23)14-6-4-3-5-7-14/h3-12H,2H2,1H3/b16-12+. The van der Waals surface area contributed by atoms with Crippen molar-refractivity contribution in [2.45, 2.75) is 6.92 Å². The van der Waals surface area contributed by atoms with E-state index in [4.69, 9.17) is 16.3 Å². The largest absolute Gasteiger partial charge is 0.461 e. The Balaban J connectivity index is 2.09. The van der Waals surface area contributed by atoms with E-state index in [1.54, 1.807) is 37.3 Å². The van der Waals surface area contributed by atoms with Crippen molar-refractivity contribution in [2.75, 3.05) is 6.61 Å². The molecule has 126 valence electrons. The van der Waals surface area contributed by atoms with E-state index < -0.39 is 5.97 Å². The van der Waals surface area contributed by atoms with Gasteiger partial charge in [0, 0.05) is 10.6 Å². The van der Waals surface area contributed by atoms with Crippen molar-refractivity contribution in [1.82, 2.24) is 20.2 Å². The zero-order chi connectivity index (χ0) is 17.6. The maximum Gasteiger partial charge on any atom is 0.357 e. The fourth-order valence-electron chi connectivity index (χ4n) is 2.25. The number of esters is 1. The first-order valence-electron chi connectivity index (χ1n) is 7.67. The number of carbonyl (C=O) groups is 1. The quantitative estimate of drug-likeness (QED) is 0.517. The zero-order valence-electron chi connectivity index (χ0n) is 13.5. The Morgan fingerprint density at radius 2 is 1.88 bits per heavy atom. The smallest absolute Gasteiger partial charge is 0.357 e. The number of rotatable bonds is 5. The minimum Gasteiger partial charge on any atom is -0.461 e. The lowest BCUT2D eigenvalue weighted by molar-refractivity contribution is -0.136. The predicted molar refractivity (Wildman–Crippen MR) is 95.5 cm³/mol. The molecule has 0 N–H and O–H groups in total. The molecule has 0 fully saturated rings. The Labute approximate surface area is 149 Å². The third-order valence-corrected chi connectivity index (χ3v) is 3.64. The van der Waals surface area contributed by atoms with E-state index >= 15 is 0 Å². The lowest BCUT2D eigenvalue weighted by atomic mass is 10.2. The van der Waals surface area contributed by atoms with Crippen LogP contribution < -0.4 is 0 Å². The fourth-order valence-corrected chi connectivity index (χ4v) is 2.37. The maximum absolute atomic E-state index is 12.5. The van der Waals surface area contributed by atoms with Crippen molar-refractivity contribution in [3.05, 3.63) is 65.2 Å². The van der Waals surface area contributed by atoms with Gasteiger partial charge in [0.25, 0.3) is 0 Å². The van der Waals surface area contributed by atoms with E-state index in [0.717, 1.165) is 11.1 Å². The molecule has 0 aliphatic rings. The monoisotopic (exact) mass is 354 g/mol. The zero-order valence-corrected chi connectivity index (χ0v) is 14.2. The topological polar surface area (TPSA) is 69.9 Å². The molecule has 25 heavy (non-hydrogen) atoms. The summed E-state index contributed by atoms with van der Waals surface area (Å²) in [4.78, 5) is 12.5. The molecule has 0 saturated heterocycles. The molecule has 1 heterocycles. The Hall–Kier alpha value is -2.99. The van der Waals surface area contributed by atoms with Gasteiger partial charge in [-0.25, -0.2) is 4.79 Å². The lowest BCUT2D eigenvalue weighted by Crippen LogP contribution is -2.14. The molecule has 0 spiro atoms. The van der Waals surface area contributed by atoms with E-state index in [2.05, 4.69) is 15.5 Å². The summed E-state index contributed by atoms with van der Waals surface area (Å²) >= 11 is 5.92. The second-order valence-corrected chi connectivity index (χ2v) is 5.52. The van der Waals surface area contributed by atoms with Gasteiger partial charge in [-0.05, 0) is 41.1 Å². The highest BCUT2D eigenvalue weighted by Crippen LogP contribution is 2.21. The molecule has 3 aromatic rings. The molecule has 7 heteroatoms. The molecule has 0 bridgehead atoms. The number of hydrogen-bond acceptors (Lipinski definition) is 5. The second kappa shape index (κ2) is 7.72. The predicted octanol–water partition coefficient (Wildman–Crippen LogP) is 3.55. The van der Waals surface area contributed by atoms with Gasteiger partial charge >= 0.3 is 5.97 Å². The summed E-state index contributed by atoms with van der Waals surface area (Å²) < 4.78 is 6.54. The van der Waals surface area contributed by atoms with Crippen LogP contribution in [0.25, 0.3) is 23.2 Å². The van der Waals surface area contributed by atoms with Gasteiger partial charge in [0.1, 0.15) is 0 Å². The van der Waals surface area contributed by atoms with Gasteiger partial charge in [0.15, 0.2) is 11.5 Å². The first-order chi connectivity index (χ1) is 12.2. The summed E-state index contributed by atoms with van der Waals surface area (Å²) in [6.45, 7) is 2.00. The van der Waals surface area contributed by atoms with Crippen molar-refractivity contribution < 1.29 is 9.53 Å². The SMILES string of the molecule is CCOC(=O)/C(=C\c1ccc(Cl)cc1)n1nnnc1-c1ccccc1. The van der Waals surface area contributed by atoms with Crippen molar-refractivity contribution in [2.24, 2.45) is 0 Å². The molecule has 6 nitrogen and oxygen atoms in total. The molecule has 0 aliphatic heterocycles. The molecular formula is C18H15ClN4O2. The number of halogens is 1. The number of nitrogens with zero attached hydrogens (tertiary/aromatic N) is 4. The Morgan fingerprint density at radius 1 is 1.16 bits per heavy atom. The van der Waals surface area contributed by atoms with Gasteiger partial charge in [-0.15, -0.1) is 5.10 Å². The van der Waals surface area contributed by atoms with Crippen LogP contribution in [0, 0.1) is 0 Å². The van der Waals surface area contributed by atoms with E-state index in [1.807, 2.05) is 30.3 Å². The summed E-state index contributed by atoms with van der Waals surface area (Å²) in [6.07, 6.45) is 1.66. The number of tetrazole rings is 1. The summed E-state index contributed by atoms with van der Waals surface area (Å²) in [5, 5.41) is 12.3. The van der Waals surface area contributed by atoms with E-state index in [-0.39, 0.29) is 12.3 Å². The number of carbonyl (C=O) groups excluding carboxylic acids is 1. The minimum atomic E-state index is -0.512. The van der Waals surface area contributed by atoms with Gasteiger partial charge in [-0.2, -0.15) is 4.68 Å². The first kappa shape index (κ1) is 16.9. The van der Waals surface area contributed by atoms with Crippen LogP contribution >= 0.6 is 11.6 Å². The number of ether oxygens (including phenoxy) is 1. The number of benzene rings is 2. The van der Waals surface area contributed by atoms with Crippen molar-refractivity contribution in [3.8, 4) is 11.4 Å². The third kappa shape index (κ3) is 3.92. The van der Waals surface area contributed by atoms with Crippen molar-refractivity contribution >= 4 is 29.3 Å². The molecule has 0 saturated carbocycles. The average Bonchev–Trinajstić information content (AvgIpc) is 3.11. The molecule has 0 radical (unpaired) electrons. The van der Waals surface area contributed by atoms with Crippen LogP contribution in [0.2, 0.25) is 5.02 Å².